The molecule has 1 atom stereocenters. The van der Waals surface area contributed by atoms with Crippen molar-refractivity contribution in [3.05, 3.63) is 11.8 Å². The third-order valence-corrected chi connectivity index (χ3v) is 3.95. The van der Waals surface area contributed by atoms with Gasteiger partial charge in [0.05, 0.1) is 0 Å². The zero-order valence-corrected chi connectivity index (χ0v) is 14.1. The molecule has 10 heteroatoms. The molecule has 1 amide bonds. The van der Waals surface area contributed by atoms with Crippen molar-refractivity contribution in [3.8, 4) is 0 Å². The normalized spacial score (nSPS) is 20.6. The maximum Gasteiger partial charge on any atom is 0.534 e. The van der Waals surface area contributed by atoms with Crippen LogP contribution in [0.25, 0.3) is 0 Å². The quantitative estimate of drug-likeness (QED) is 0.560. The Morgan fingerprint density at radius 2 is 1.87 bits per heavy atom. The maximum atomic E-state index is 12.4. The first-order valence-electron chi connectivity index (χ1n) is 6.91. The van der Waals surface area contributed by atoms with Crippen LogP contribution in [0.4, 0.5) is 18.0 Å². The van der Waals surface area contributed by atoms with Crippen LogP contribution in [0.3, 0.4) is 0 Å². The molecule has 1 aliphatic heterocycles. The molecule has 0 aromatic heterocycles. The summed E-state index contributed by atoms with van der Waals surface area (Å²) in [5, 5.41) is 0. The van der Waals surface area contributed by atoms with Crippen LogP contribution in [0.5, 0.6) is 0 Å². The number of alkyl halides is 3. The molecule has 0 radical (unpaired) electrons. The number of nitrogens with zero attached hydrogens (tertiary/aromatic N) is 1. The largest absolute Gasteiger partial charge is 0.534 e. The van der Waals surface area contributed by atoms with Gasteiger partial charge in [0.2, 0.25) is 0 Å². The van der Waals surface area contributed by atoms with Crippen molar-refractivity contribution in [2.24, 2.45) is 5.92 Å². The van der Waals surface area contributed by atoms with Crippen LogP contribution in [-0.2, 0) is 19.0 Å². The molecule has 6 nitrogen and oxygen atoms in total. The molecular weight excluding hydrogens is 339 g/mol. The molecule has 0 fully saturated rings. The van der Waals surface area contributed by atoms with Crippen molar-refractivity contribution in [1.29, 1.82) is 0 Å². The van der Waals surface area contributed by atoms with Gasteiger partial charge in [-0.2, -0.15) is 21.6 Å². The molecule has 1 rings (SSSR count). The van der Waals surface area contributed by atoms with E-state index in [2.05, 4.69) is 4.18 Å². The van der Waals surface area contributed by atoms with E-state index in [0.717, 1.165) is 6.08 Å². The van der Waals surface area contributed by atoms with Crippen molar-refractivity contribution in [1.82, 2.24) is 4.90 Å². The van der Waals surface area contributed by atoms with E-state index in [9.17, 15) is 26.4 Å². The van der Waals surface area contributed by atoms with Gasteiger partial charge < -0.3 is 13.8 Å². The molecule has 23 heavy (non-hydrogen) atoms. The highest BCUT2D eigenvalue weighted by Crippen LogP contribution is 2.30. The van der Waals surface area contributed by atoms with Crippen LogP contribution >= 0.6 is 0 Å². The Morgan fingerprint density at radius 3 is 2.35 bits per heavy atom. The van der Waals surface area contributed by atoms with Gasteiger partial charge in [-0.25, -0.2) is 4.79 Å². The minimum Gasteiger partial charge on any atom is -0.444 e. The summed E-state index contributed by atoms with van der Waals surface area (Å²) in [6.45, 7) is 6.70. The third-order valence-electron chi connectivity index (χ3n) is 2.97. The predicted molar refractivity (Wildman–Crippen MR) is 75.7 cm³/mol. The lowest BCUT2D eigenvalue weighted by molar-refractivity contribution is -0.0526. The number of rotatable bonds is 2. The molecule has 1 heterocycles. The standard InChI is InChI=1S/C13H20F3NO5S/c1-9-5-7-17(11(18)21-12(2,3)4)8-6-10(9)22-23(19,20)13(14,15)16/h6,9H,5,7-8H2,1-4H3. The second-order valence-electron chi connectivity index (χ2n) is 6.21. The van der Waals surface area contributed by atoms with E-state index >= 15 is 0 Å². The van der Waals surface area contributed by atoms with E-state index in [1.54, 1.807) is 20.8 Å². The fraction of sp³-hybridized carbons (Fsp3) is 0.769. The summed E-state index contributed by atoms with van der Waals surface area (Å²) < 4.78 is 68.7. The van der Waals surface area contributed by atoms with E-state index in [-0.39, 0.29) is 25.3 Å². The van der Waals surface area contributed by atoms with Gasteiger partial charge in [0.15, 0.2) is 0 Å². The fourth-order valence-electron chi connectivity index (χ4n) is 1.77. The minimum absolute atomic E-state index is 0.0953. The number of carbonyl (C=O) groups is 1. The van der Waals surface area contributed by atoms with Gasteiger partial charge in [0.25, 0.3) is 0 Å². The Balaban J connectivity index is 2.87. The molecule has 0 aromatic carbocycles. The van der Waals surface area contributed by atoms with E-state index in [4.69, 9.17) is 4.74 Å². The molecule has 0 saturated carbocycles. The number of carbonyl (C=O) groups excluding carboxylic acids is 1. The van der Waals surface area contributed by atoms with Crippen LogP contribution in [0.2, 0.25) is 0 Å². The molecule has 134 valence electrons. The van der Waals surface area contributed by atoms with Crippen LogP contribution < -0.4 is 0 Å². The highest BCUT2D eigenvalue weighted by atomic mass is 32.2. The van der Waals surface area contributed by atoms with Crippen LogP contribution in [0.15, 0.2) is 11.8 Å². The summed E-state index contributed by atoms with van der Waals surface area (Å²) in [7, 11) is -5.72. The van der Waals surface area contributed by atoms with Crippen LogP contribution in [-0.4, -0.2) is 43.6 Å². The summed E-state index contributed by atoms with van der Waals surface area (Å²) in [5.74, 6) is -0.909. The highest BCUT2D eigenvalue weighted by Gasteiger charge is 2.49. The molecule has 0 bridgehead atoms. The van der Waals surface area contributed by atoms with Gasteiger partial charge in [-0.3, -0.25) is 0 Å². The molecule has 0 saturated heterocycles. The van der Waals surface area contributed by atoms with E-state index in [1.807, 2.05) is 0 Å². The van der Waals surface area contributed by atoms with E-state index in [1.165, 1.54) is 11.8 Å². The zero-order chi connectivity index (χ0) is 18.1. The van der Waals surface area contributed by atoms with Crippen LogP contribution in [0.1, 0.15) is 34.1 Å². The minimum atomic E-state index is -5.72. The number of hydrogen-bond acceptors (Lipinski definition) is 5. The summed E-state index contributed by atoms with van der Waals surface area (Å²) in [5.41, 5.74) is -6.21. The van der Waals surface area contributed by atoms with Gasteiger partial charge in [-0.15, -0.1) is 0 Å². The third kappa shape index (κ3) is 5.60. The summed E-state index contributed by atoms with van der Waals surface area (Å²) in [4.78, 5) is 13.2. The average Bonchev–Trinajstić information content (AvgIpc) is 2.49. The first kappa shape index (κ1) is 19.6. The molecule has 1 unspecified atom stereocenters. The van der Waals surface area contributed by atoms with Crippen LogP contribution in [0, 0.1) is 5.92 Å². The number of hydrogen-bond donors (Lipinski definition) is 0. The number of allylic oxidation sites excluding steroid dienone is 1. The topological polar surface area (TPSA) is 72.9 Å². The Hall–Kier alpha value is -1.45. The fourth-order valence-corrected chi connectivity index (χ4v) is 2.35. The van der Waals surface area contributed by atoms with Gasteiger partial charge in [-0.1, -0.05) is 6.92 Å². The summed E-state index contributed by atoms with van der Waals surface area (Å²) >= 11 is 0. The van der Waals surface area contributed by atoms with Gasteiger partial charge in [0, 0.05) is 19.0 Å². The van der Waals surface area contributed by atoms with Gasteiger partial charge in [0.1, 0.15) is 11.4 Å². The average molecular weight is 359 g/mol. The lowest BCUT2D eigenvalue weighted by Gasteiger charge is -2.26. The first-order chi connectivity index (χ1) is 10.2. The lowest BCUT2D eigenvalue weighted by Crippen LogP contribution is -2.37. The van der Waals surface area contributed by atoms with Crippen molar-refractivity contribution < 1.29 is 35.3 Å². The first-order valence-corrected chi connectivity index (χ1v) is 8.32. The number of halogens is 3. The summed E-state index contributed by atoms with van der Waals surface area (Å²) in [6, 6.07) is 0. The number of amides is 1. The second kappa shape index (κ2) is 6.58. The van der Waals surface area contributed by atoms with Gasteiger partial charge >= 0.3 is 21.7 Å². The monoisotopic (exact) mass is 359 g/mol. The van der Waals surface area contributed by atoms with Crippen molar-refractivity contribution in [2.75, 3.05) is 13.1 Å². The highest BCUT2D eigenvalue weighted by molar-refractivity contribution is 7.87. The Bertz CT molecular complexity index is 577. The van der Waals surface area contributed by atoms with Crippen molar-refractivity contribution >= 4 is 16.2 Å². The number of ether oxygens (including phenoxy) is 1. The van der Waals surface area contributed by atoms with E-state index < -0.39 is 33.2 Å². The van der Waals surface area contributed by atoms with Gasteiger partial charge in [-0.05, 0) is 33.3 Å². The second-order valence-corrected chi connectivity index (χ2v) is 7.74. The lowest BCUT2D eigenvalue weighted by atomic mass is 10.1. The maximum absolute atomic E-state index is 12.4. The Morgan fingerprint density at radius 1 is 1.30 bits per heavy atom. The zero-order valence-electron chi connectivity index (χ0n) is 13.3. The van der Waals surface area contributed by atoms with Crippen molar-refractivity contribution in [2.45, 2.75) is 45.2 Å². The molecule has 0 aliphatic carbocycles. The SMILES string of the molecule is CC1CCN(C(=O)OC(C)(C)C)CC=C1OS(=O)(=O)C(F)(F)F. The molecule has 0 N–H and O–H groups in total. The molecule has 0 spiro atoms. The summed E-state index contributed by atoms with van der Waals surface area (Å²) in [6.07, 6.45) is 0.782. The Kier molecular flexibility index (Phi) is 5.61. The smallest absolute Gasteiger partial charge is 0.444 e. The Labute approximate surface area is 133 Å². The predicted octanol–water partition coefficient (Wildman–Crippen LogP) is 3.01. The molecule has 1 aliphatic rings. The molecular formula is C13H20F3NO5S. The van der Waals surface area contributed by atoms with E-state index in [0.29, 0.717) is 0 Å². The van der Waals surface area contributed by atoms with Crippen molar-refractivity contribution in [3.63, 3.8) is 0 Å². The molecule has 0 aromatic rings.